The van der Waals surface area contributed by atoms with Crippen LogP contribution < -0.4 is 16.8 Å². The second-order valence-electron chi connectivity index (χ2n) is 4.73. The molecule has 0 radical (unpaired) electrons. The van der Waals surface area contributed by atoms with E-state index in [4.69, 9.17) is 11.5 Å². The van der Waals surface area contributed by atoms with Crippen LogP contribution in [-0.4, -0.2) is 12.5 Å². The molecule has 4 nitrogen and oxygen atoms in total. The van der Waals surface area contributed by atoms with Gasteiger partial charge in [0.2, 0.25) is 0 Å². The maximum Gasteiger partial charge on any atom is 0.250 e. The molecule has 0 heterocycles. The Bertz CT molecular complexity index is 402. The second kappa shape index (κ2) is 5.57. The Morgan fingerprint density at radius 2 is 2.00 bits per heavy atom. The Hall–Kier alpha value is -1.71. The van der Waals surface area contributed by atoms with E-state index in [1.165, 1.54) is 0 Å². The topological polar surface area (TPSA) is 81.1 Å². The van der Waals surface area contributed by atoms with Gasteiger partial charge in [-0.3, -0.25) is 4.79 Å². The first-order valence-electron chi connectivity index (χ1n) is 5.85. The van der Waals surface area contributed by atoms with Gasteiger partial charge in [-0.15, -0.1) is 0 Å². The van der Waals surface area contributed by atoms with E-state index in [0.29, 0.717) is 23.1 Å². The maximum absolute atomic E-state index is 11.1. The van der Waals surface area contributed by atoms with Gasteiger partial charge in [0.15, 0.2) is 0 Å². The molecule has 1 rings (SSSR count). The number of anilines is 2. The number of carbonyl (C=O) groups excluding carboxylic acids is 1. The molecule has 1 unspecified atom stereocenters. The van der Waals surface area contributed by atoms with Crippen LogP contribution in [0.4, 0.5) is 11.4 Å². The fourth-order valence-corrected chi connectivity index (χ4v) is 1.44. The second-order valence-corrected chi connectivity index (χ2v) is 4.73. The number of rotatable bonds is 5. The average Bonchev–Trinajstić information content (AvgIpc) is 2.26. The smallest absolute Gasteiger partial charge is 0.250 e. The molecule has 1 atom stereocenters. The highest BCUT2D eigenvalue weighted by Crippen LogP contribution is 2.23. The molecule has 0 saturated heterocycles. The first-order chi connectivity index (χ1) is 7.93. The molecule has 1 aromatic rings. The zero-order chi connectivity index (χ0) is 13.0. The summed E-state index contributed by atoms with van der Waals surface area (Å²) in [5.41, 5.74) is 12.7. The molecule has 1 amide bonds. The predicted octanol–water partition coefficient (Wildman–Crippen LogP) is 2.07. The molecule has 0 aromatic heterocycles. The molecule has 0 fully saturated rings. The molecule has 0 bridgehead atoms. The van der Waals surface area contributed by atoms with Crippen LogP contribution in [0.2, 0.25) is 0 Å². The number of amides is 1. The van der Waals surface area contributed by atoms with Crippen LogP contribution >= 0.6 is 0 Å². The molecule has 0 aliphatic rings. The van der Waals surface area contributed by atoms with E-state index in [0.717, 1.165) is 12.2 Å². The third kappa shape index (κ3) is 3.37. The summed E-state index contributed by atoms with van der Waals surface area (Å²) in [6, 6.07) is 5.27. The Morgan fingerprint density at radius 1 is 1.35 bits per heavy atom. The van der Waals surface area contributed by atoms with Gasteiger partial charge in [-0.25, -0.2) is 0 Å². The molecule has 0 aliphatic carbocycles. The first kappa shape index (κ1) is 13.4. The van der Waals surface area contributed by atoms with Crippen LogP contribution in [0, 0.1) is 11.8 Å². The van der Waals surface area contributed by atoms with Gasteiger partial charge < -0.3 is 16.8 Å². The van der Waals surface area contributed by atoms with Crippen LogP contribution in [0.5, 0.6) is 0 Å². The van der Waals surface area contributed by atoms with Crippen LogP contribution in [0.25, 0.3) is 0 Å². The number of nitrogens with two attached hydrogens (primary N) is 2. The van der Waals surface area contributed by atoms with Gasteiger partial charge in [0.1, 0.15) is 0 Å². The minimum Gasteiger partial charge on any atom is -0.396 e. The number of carbonyl (C=O) groups is 1. The summed E-state index contributed by atoms with van der Waals surface area (Å²) >= 11 is 0. The Kier molecular flexibility index (Phi) is 4.37. The third-order valence-electron chi connectivity index (χ3n) is 3.12. The van der Waals surface area contributed by atoms with Crippen molar-refractivity contribution in [3.8, 4) is 0 Å². The van der Waals surface area contributed by atoms with Gasteiger partial charge >= 0.3 is 0 Å². The molecule has 0 saturated carbocycles. The largest absolute Gasteiger partial charge is 0.396 e. The van der Waals surface area contributed by atoms with Crippen LogP contribution in [0.1, 0.15) is 31.1 Å². The summed E-state index contributed by atoms with van der Waals surface area (Å²) in [6.07, 6.45) is 0. The van der Waals surface area contributed by atoms with Gasteiger partial charge in [0.25, 0.3) is 5.91 Å². The van der Waals surface area contributed by atoms with Crippen molar-refractivity contribution in [1.29, 1.82) is 0 Å². The Balaban J connectivity index is 2.79. The maximum atomic E-state index is 11.1. The van der Waals surface area contributed by atoms with E-state index in [-0.39, 0.29) is 0 Å². The lowest BCUT2D eigenvalue weighted by Gasteiger charge is -2.18. The number of benzene rings is 1. The lowest BCUT2D eigenvalue weighted by atomic mass is 9.98. The molecule has 5 N–H and O–H groups in total. The summed E-state index contributed by atoms with van der Waals surface area (Å²) < 4.78 is 0. The molecule has 94 valence electrons. The van der Waals surface area contributed by atoms with E-state index in [1.807, 2.05) is 6.07 Å². The lowest BCUT2D eigenvalue weighted by molar-refractivity contribution is 0.100. The number of primary amides is 1. The number of para-hydroxylation sites is 1. The number of hydrogen-bond donors (Lipinski definition) is 3. The Labute approximate surface area is 102 Å². The molecule has 0 spiro atoms. The summed E-state index contributed by atoms with van der Waals surface area (Å²) in [4.78, 5) is 11.1. The summed E-state index contributed by atoms with van der Waals surface area (Å²) in [7, 11) is 0. The average molecular weight is 235 g/mol. The molecular weight excluding hydrogens is 214 g/mol. The predicted molar refractivity (Wildman–Crippen MR) is 71.9 cm³/mol. The number of nitrogens with one attached hydrogen (secondary N) is 1. The van der Waals surface area contributed by atoms with Gasteiger partial charge in [-0.2, -0.15) is 0 Å². The van der Waals surface area contributed by atoms with Gasteiger partial charge in [0, 0.05) is 6.54 Å². The van der Waals surface area contributed by atoms with E-state index in [9.17, 15) is 4.79 Å². The molecular formula is C13H21N3O. The fraction of sp³-hybridized carbons (Fsp3) is 0.462. The third-order valence-corrected chi connectivity index (χ3v) is 3.12. The van der Waals surface area contributed by atoms with Crippen molar-refractivity contribution in [2.75, 3.05) is 17.6 Å². The summed E-state index contributed by atoms with van der Waals surface area (Å²) in [5.74, 6) is 0.637. The van der Waals surface area contributed by atoms with Crippen LogP contribution in [-0.2, 0) is 0 Å². The first-order valence-corrected chi connectivity index (χ1v) is 5.85. The zero-order valence-electron chi connectivity index (χ0n) is 10.7. The highest BCUT2D eigenvalue weighted by atomic mass is 16.1. The van der Waals surface area contributed by atoms with E-state index in [2.05, 4.69) is 26.1 Å². The highest BCUT2D eigenvalue weighted by molar-refractivity contribution is 6.00. The van der Waals surface area contributed by atoms with Gasteiger partial charge in [-0.1, -0.05) is 26.8 Å². The summed E-state index contributed by atoms with van der Waals surface area (Å²) in [5, 5.41) is 3.26. The van der Waals surface area contributed by atoms with Crippen molar-refractivity contribution in [1.82, 2.24) is 0 Å². The molecule has 17 heavy (non-hydrogen) atoms. The standard InChI is InChI=1S/C13H21N3O/c1-8(2)9(3)7-16-11-6-4-5-10(12(11)14)13(15)17/h4-6,8-9,16H,7,14H2,1-3H3,(H2,15,17). The molecule has 0 aliphatic heterocycles. The Morgan fingerprint density at radius 3 is 2.53 bits per heavy atom. The van der Waals surface area contributed by atoms with Crippen molar-refractivity contribution in [3.05, 3.63) is 23.8 Å². The zero-order valence-corrected chi connectivity index (χ0v) is 10.7. The van der Waals surface area contributed by atoms with Gasteiger partial charge in [-0.05, 0) is 24.0 Å². The number of hydrogen-bond acceptors (Lipinski definition) is 3. The van der Waals surface area contributed by atoms with Crippen LogP contribution in [0.15, 0.2) is 18.2 Å². The SMILES string of the molecule is CC(C)C(C)CNc1cccc(C(N)=O)c1N. The molecule has 4 heteroatoms. The van der Waals surface area contributed by atoms with Gasteiger partial charge in [0.05, 0.1) is 16.9 Å². The summed E-state index contributed by atoms with van der Waals surface area (Å²) in [6.45, 7) is 7.35. The quantitative estimate of drug-likeness (QED) is 0.683. The van der Waals surface area contributed by atoms with Crippen molar-refractivity contribution in [3.63, 3.8) is 0 Å². The van der Waals surface area contributed by atoms with Crippen molar-refractivity contribution in [2.45, 2.75) is 20.8 Å². The monoisotopic (exact) mass is 235 g/mol. The highest BCUT2D eigenvalue weighted by Gasteiger charge is 2.11. The van der Waals surface area contributed by atoms with E-state index >= 15 is 0 Å². The van der Waals surface area contributed by atoms with E-state index < -0.39 is 5.91 Å². The minimum absolute atomic E-state index is 0.368. The number of nitrogen functional groups attached to an aromatic ring is 1. The van der Waals surface area contributed by atoms with Crippen molar-refractivity contribution in [2.24, 2.45) is 17.6 Å². The van der Waals surface area contributed by atoms with Crippen molar-refractivity contribution >= 4 is 17.3 Å². The minimum atomic E-state index is -0.497. The van der Waals surface area contributed by atoms with Crippen molar-refractivity contribution < 1.29 is 4.79 Å². The fourth-order valence-electron chi connectivity index (χ4n) is 1.44. The normalized spacial score (nSPS) is 12.5. The molecule has 1 aromatic carbocycles. The van der Waals surface area contributed by atoms with E-state index in [1.54, 1.807) is 12.1 Å². The van der Waals surface area contributed by atoms with Crippen LogP contribution in [0.3, 0.4) is 0 Å². The lowest BCUT2D eigenvalue weighted by Crippen LogP contribution is -2.19.